The molecule has 0 amide bonds. The molecule has 2 nitrogen and oxygen atoms in total. The molecule has 0 aromatic carbocycles. The zero-order valence-corrected chi connectivity index (χ0v) is 10.5. The van der Waals surface area contributed by atoms with Gasteiger partial charge in [-0.2, -0.15) is 0 Å². The van der Waals surface area contributed by atoms with E-state index >= 15 is 0 Å². The van der Waals surface area contributed by atoms with Gasteiger partial charge in [-0.3, -0.25) is 4.79 Å². The van der Waals surface area contributed by atoms with Crippen LogP contribution in [0.2, 0.25) is 0 Å². The smallest absolute Gasteiger partial charge is 0.140 e. The van der Waals surface area contributed by atoms with Crippen LogP contribution in [0.25, 0.3) is 0 Å². The summed E-state index contributed by atoms with van der Waals surface area (Å²) in [6, 6.07) is 0.153. The normalized spacial score (nSPS) is 40.6. The molecule has 0 aromatic heterocycles. The Morgan fingerprint density at radius 2 is 1.62 bits per heavy atom. The van der Waals surface area contributed by atoms with Gasteiger partial charge in [-0.1, -0.05) is 32.6 Å². The summed E-state index contributed by atoms with van der Waals surface area (Å²) in [7, 11) is 0. The van der Waals surface area contributed by atoms with Crippen LogP contribution in [0.3, 0.4) is 0 Å². The first-order valence-electron chi connectivity index (χ1n) is 6.97. The second kappa shape index (κ2) is 5.31. The molecule has 2 fully saturated rings. The summed E-state index contributed by atoms with van der Waals surface area (Å²) in [5, 5.41) is 0. The first kappa shape index (κ1) is 12.1. The Balaban J connectivity index is 1.90. The van der Waals surface area contributed by atoms with Gasteiger partial charge >= 0.3 is 0 Å². The summed E-state index contributed by atoms with van der Waals surface area (Å²) in [5.74, 6) is 1.85. The fraction of sp³-hybridized carbons (Fsp3) is 0.929. The molecule has 0 spiro atoms. The van der Waals surface area contributed by atoms with Crippen molar-refractivity contribution in [3.8, 4) is 0 Å². The number of carbonyl (C=O) groups excluding carboxylic acids is 1. The molecule has 2 N–H and O–H groups in total. The molecule has 2 heteroatoms. The Kier molecular flexibility index (Phi) is 4.01. The lowest BCUT2D eigenvalue weighted by atomic mass is 9.73. The highest BCUT2D eigenvalue weighted by Crippen LogP contribution is 2.34. The maximum Gasteiger partial charge on any atom is 0.140 e. The molecule has 2 saturated carbocycles. The molecule has 2 unspecified atom stereocenters. The first-order valence-corrected chi connectivity index (χ1v) is 6.97. The van der Waals surface area contributed by atoms with Crippen molar-refractivity contribution in [2.75, 3.05) is 0 Å². The fourth-order valence-corrected chi connectivity index (χ4v) is 3.36. The second-order valence-electron chi connectivity index (χ2n) is 5.91. The van der Waals surface area contributed by atoms with Gasteiger partial charge in [0.1, 0.15) is 5.78 Å². The van der Waals surface area contributed by atoms with Crippen molar-refractivity contribution in [2.45, 2.75) is 64.3 Å². The van der Waals surface area contributed by atoms with E-state index in [4.69, 9.17) is 5.73 Å². The predicted octanol–water partition coefficient (Wildman–Crippen LogP) is 2.90. The second-order valence-corrected chi connectivity index (χ2v) is 5.91. The van der Waals surface area contributed by atoms with E-state index in [1.165, 1.54) is 25.7 Å². The lowest BCUT2D eigenvalue weighted by molar-refractivity contribution is -0.129. The van der Waals surface area contributed by atoms with Crippen molar-refractivity contribution >= 4 is 5.78 Å². The van der Waals surface area contributed by atoms with Gasteiger partial charge < -0.3 is 5.73 Å². The molecule has 0 aliphatic heterocycles. The Morgan fingerprint density at radius 1 is 1.00 bits per heavy atom. The van der Waals surface area contributed by atoms with Crippen LogP contribution in [0.4, 0.5) is 0 Å². The summed E-state index contributed by atoms with van der Waals surface area (Å²) in [6.45, 7) is 2.30. The number of hydrogen-bond donors (Lipinski definition) is 1. The van der Waals surface area contributed by atoms with E-state index in [2.05, 4.69) is 6.92 Å². The van der Waals surface area contributed by atoms with E-state index in [1.54, 1.807) is 0 Å². The Morgan fingerprint density at radius 3 is 2.25 bits per heavy atom. The standard InChI is InChI=1S/C14H25NO/c1-10-6-8-11(9-7-10)14(16)12-4-2-3-5-13(12)15/h10-13H,2-9,15H2,1H3. The highest BCUT2D eigenvalue weighted by molar-refractivity contribution is 5.84. The third kappa shape index (κ3) is 2.65. The fourth-order valence-electron chi connectivity index (χ4n) is 3.36. The van der Waals surface area contributed by atoms with Crippen LogP contribution in [0.15, 0.2) is 0 Å². The topological polar surface area (TPSA) is 43.1 Å². The molecule has 0 saturated heterocycles. The minimum absolute atomic E-state index is 0.153. The van der Waals surface area contributed by atoms with Crippen molar-refractivity contribution in [2.24, 2.45) is 23.5 Å². The minimum Gasteiger partial charge on any atom is -0.327 e. The molecule has 92 valence electrons. The van der Waals surface area contributed by atoms with Crippen LogP contribution in [0.1, 0.15) is 58.3 Å². The Bertz CT molecular complexity index is 243. The van der Waals surface area contributed by atoms with Gasteiger partial charge in [0.2, 0.25) is 0 Å². The average molecular weight is 223 g/mol. The highest BCUT2D eigenvalue weighted by atomic mass is 16.1. The lowest BCUT2D eigenvalue weighted by Crippen LogP contribution is -2.41. The number of rotatable bonds is 2. The third-order valence-corrected chi connectivity index (χ3v) is 4.60. The Hall–Kier alpha value is -0.370. The molecule has 0 heterocycles. The van der Waals surface area contributed by atoms with Crippen molar-refractivity contribution in [3.63, 3.8) is 0 Å². The minimum atomic E-state index is 0.153. The van der Waals surface area contributed by atoms with Crippen molar-refractivity contribution in [1.82, 2.24) is 0 Å². The summed E-state index contributed by atoms with van der Waals surface area (Å²) in [4.78, 5) is 12.4. The molecule has 0 radical (unpaired) electrons. The van der Waals surface area contributed by atoms with Gasteiger partial charge in [0.05, 0.1) is 0 Å². The van der Waals surface area contributed by atoms with Gasteiger partial charge in [0.15, 0.2) is 0 Å². The van der Waals surface area contributed by atoms with E-state index < -0.39 is 0 Å². The monoisotopic (exact) mass is 223 g/mol. The van der Waals surface area contributed by atoms with Crippen LogP contribution >= 0.6 is 0 Å². The third-order valence-electron chi connectivity index (χ3n) is 4.60. The number of carbonyl (C=O) groups is 1. The Labute approximate surface area is 99.0 Å². The molecule has 2 aliphatic carbocycles. The van der Waals surface area contributed by atoms with Crippen LogP contribution in [-0.2, 0) is 4.79 Å². The van der Waals surface area contributed by atoms with E-state index in [9.17, 15) is 4.79 Å². The lowest BCUT2D eigenvalue weighted by Gasteiger charge is -2.33. The summed E-state index contributed by atoms with van der Waals surface area (Å²) in [5.41, 5.74) is 6.09. The van der Waals surface area contributed by atoms with Gasteiger partial charge in [-0.25, -0.2) is 0 Å². The van der Waals surface area contributed by atoms with Gasteiger partial charge in [0.25, 0.3) is 0 Å². The molecular formula is C14H25NO. The van der Waals surface area contributed by atoms with E-state index in [1.807, 2.05) is 0 Å². The number of hydrogen-bond acceptors (Lipinski definition) is 2. The molecule has 2 rings (SSSR count). The molecule has 0 aromatic rings. The van der Waals surface area contributed by atoms with Gasteiger partial charge in [-0.15, -0.1) is 0 Å². The van der Waals surface area contributed by atoms with Crippen LogP contribution in [0.5, 0.6) is 0 Å². The highest BCUT2D eigenvalue weighted by Gasteiger charge is 2.34. The van der Waals surface area contributed by atoms with Crippen molar-refractivity contribution in [1.29, 1.82) is 0 Å². The van der Waals surface area contributed by atoms with E-state index in [0.717, 1.165) is 31.6 Å². The molecule has 2 atom stereocenters. The first-order chi connectivity index (χ1) is 7.68. The zero-order chi connectivity index (χ0) is 11.5. The van der Waals surface area contributed by atoms with Crippen LogP contribution in [0, 0.1) is 17.8 Å². The maximum absolute atomic E-state index is 12.4. The van der Waals surface area contributed by atoms with Gasteiger partial charge in [0, 0.05) is 17.9 Å². The number of Topliss-reactive ketones (excluding diaryl/α,β-unsaturated/α-hetero) is 1. The number of ketones is 1. The van der Waals surface area contributed by atoms with Crippen molar-refractivity contribution < 1.29 is 4.79 Å². The maximum atomic E-state index is 12.4. The van der Waals surface area contributed by atoms with E-state index in [-0.39, 0.29) is 12.0 Å². The number of nitrogens with two attached hydrogens (primary N) is 1. The molecular weight excluding hydrogens is 198 g/mol. The van der Waals surface area contributed by atoms with Crippen molar-refractivity contribution in [3.05, 3.63) is 0 Å². The molecule has 16 heavy (non-hydrogen) atoms. The zero-order valence-electron chi connectivity index (χ0n) is 10.5. The summed E-state index contributed by atoms with van der Waals surface area (Å²) < 4.78 is 0. The van der Waals surface area contributed by atoms with E-state index in [0.29, 0.717) is 11.7 Å². The summed E-state index contributed by atoms with van der Waals surface area (Å²) in [6.07, 6.45) is 9.22. The SMILES string of the molecule is CC1CCC(C(=O)C2CCCCC2N)CC1. The van der Waals surface area contributed by atoms with Crippen LogP contribution in [-0.4, -0.2) is 11.8 Å². The predicted molar refractivity (Wildman–Crippen MR) is 66.1 cm³/mol. The largest absolute Gasteiger partial charge is 0.327 e. The van der Waals surface area contributed by atoms with Crippen LogP contribution < -0.4 is 5.73 Å². The molecule has 0 bridgehead atoms. The average Bonchev–Trinajstić information content (AvgIpc) is 2.30. The van der Waals surface area contributed by atoms with Gasteiger partial charge in [-0.05, 0) is 31.6 Å². The molecule has 2 aliphatic rings. The quantitative estimate of drug-likeness (QED) is 0.782. The summed E-state index contributed by atoms with van der Waals surface area (Å²) >= 11 is 0.